The molecular formula is C15H21N5O2. The predicted molar refractivity (Wildman–Crippen MR) is 80.1 cm³/mol. The number of rotatable bonds is 4. The SMILES string of the molecule is Cc1cc(C)n(CC(=O)N[C@H]2CCO[C@@H]2c2nccn2C)n1. The Kier molecular flexibility index (Phi) is 3.98. The van der Waals surface area contributed by atoms with E-state index >= 15 is 0 Å². The molecule has 0 saturated carbocycles. The minimum Gasteiger partial charge on any atom is -0.368 e. The zero-order chi connectivity index (χ0) is 15.7. The van der Waals surface area contributed by atoms with Crippen LogP contribution >= 0.6 is 0 Å². The maximum absolute atomic E-state index is 12.3. The number of nitrogens with zero attached hydrogens (tertiary/aromatic N) is 4. The minimum atomic E-state index is -0.190. The number of imidazole rings is 1. The van der Waals surface area contributed by atoms with Crippen LogP contribution in [0.15, 0.2) is 18.5 Å². The third-order valence-corrected chi connectivity index (χ3v) is 3.95. The second kappa shape index (κ2) is 5.92. The molecule has 0 bridgehead atoms. The summed E-state index contributed by atoms with van der Waals surface area (Å²) >= 11 is 0. The molecule has 0 spiro atoms. The molecule has 0 unspecified atom stereocenters. The average molecular weight is 303 g/mol. The molecule has 0 radical (unpaired) electrons. The van der Waals surface area contributed by atoms with Gasteiger partial charge in [-0.15, -0.1) is 0 Å². The van der Waals surface area contributed by atoms with Crippen LogP contribution in [0.4, 0.5) is 0 Å². The monoisotopic (exact) mass is 303 g/mol. The first-order valence-electron chi connectivity index (χ1n) is 7.44. The van der Waals surface area contributed by atoms with Gasteiger partial charge in [-0.3, -0.25) is 9.48 Å². The van der Waals surface area contributed by atoms with Gasteiger partial charge in [0.2, 0.25) is 5.91 Å². The fourth-order valence-electron chi connectivity index (χ4n) is 2.87. The number of nitrogens with one attached hydrogen (secondary N) is 1. The zero-order valence-electron chi connectivity index (χ0n) is 13.1. The Morgan fingerprint density at radius 3 is 2.95 bits per heavy atom. The molecule has 2 aromatic rings. The molecule has 7 heteroatoms. The lowest BCUT2D eigenvalue weighted by Gasteiger charge is -2.19. The Bertz CT molecular complexity index is 675. The molecule has 7 nitrogen and oxygen atoms in total. The van der Waals surface area contributed by atoms with Crippen molar-refractivity contribution in [2.45, 2.75) is 39.0 Å². The summed E-state index contributed by atoms with van der Waals surface area (Å²) < 4.78 is 9.39. The molecule has 1 N–H and O–H groups in total. The highest BCUT2D eigenvalue weighted by Crippen LogP contribution is 2.27. The first-order valence-corrected chi connectivity index (χ1v) is 7.44. The van der Waals surface area contributed by atoms with Gasteiger partial charge < -0.3 is 14.6 Å². The van der Waals surface area contributed by atoms with Gasteiger partial charge in [0.15, 0.2) is 0 Å². The normalized spacial score (nSPS) is 21.2. The fraction of sp³-hybridized carbons (Fsp3) is 0.533. The summed E-state index contributed by atoms with van der Waals surface area (Å²) in [5.41, 5.74) is 1.90. The van der Waals surface area contributed by atoms with Crippen LogP contribution < -0.4 is 5.32 Å². The Morgan fingerprint density at radius 1 is 1.50 bits per heavy atom. The number of aromatic nitrogens is 4. The Labute approximate surface area is 129 Å². The summed E-state index contributed by atoms with van der Waals surface area (Å²) in [7, 11) is 1.93. The topological polar surface area (TPSA) is 74.0 Å². The van der Waals surface area contributed by atoms with Crippen LogP contribution in [0.2, 0.25) is 0 Å². The van der Waals surface area contributed by atoms with Crippen molar-refractivity contribution in [1.29, 1.82) is 0 Å². The third-order valence-electron chi connectivity index (χ3n) is 3.95. The molecule has 0 aromatic carbocycles. The second-order valence-electron chi connectivity index (χ2n) is 5.74. The van der Waals surface area contributed by atoms with Gasteiger partial charge >= 0.3 is 0 Å². The van der Waals surface area contributed by atoms with Gasteiger partial charge in [0.25, 0.3) is 0 Å². The van der Waals surface area contributed by atoms with E-state index in [9.17, 15) is 4.79 Å². The van der Waals surface area contributed by atoms with E-state index in [1.165, 1.54) is 0 Å². The lowest BCUT2D eigenvalue weighted by molar-refractivity contribution is -0.123. The fourth-order valence-corrected chi connectivity index (χ4v) is 2.87. The first-order chi connectivity index (χ1) is 10.5. The summed E-state index contributed by atoms with van der Waals surface area (Å²) in [5.74, 6) is 0.787. The molecule has 1 fully saturated rings. The van der Waals surface area contributed by atoms with Gasteiger partial charge in [0.05, 0.1) is 11.7 Å². The van der Waals surface area contributed by atoms with Crippen molar-refractivity contribution in [3.8, 4) is 0 Å². The minimum absolute atomic E-state index is 0.0504. The van der Waals surface area contributed by atoms with Crippen LogP contribution in [0.5, 0.6) is 0 Å². The Hall–Kier alpha value is -2.15. The lowest BCUT2D eigenvalue weighted by atomic mass is 10.1. The average Bonchev–Trinajstić information content (AvgIpc) is 3.12. The highest BCUT2D eigenvalue weighted by Gasteiger charge is 2.33. The summed E-state index contributed by atoms with van der Waals surface area (Å²) in [5, 5.41) is 7.37. The molecule has 118 valence electrons. The van der Waals surface area contributed by atoms with E-state index in [0.29, 0.717) is 6.61 Å². The van der Waals surface area contributed by atoms with Crippen LogP contribution in [0.1, 0.15) is 29.7 Å². The molecule has 3 rings (SSSR count). The lowest BCUT2D eigenvalue weighted by Crippen LogP contribution is -2.39. The second-order valence-corrected chi connectivity index (χ2v) is 5.74. The maximum Gasteiger partial charge on any atom is 0.242 e. The molecule has 2 atom stereocenters. The van der Waals surface area contributed by atoms with E-state index in [-0.39, 0.29) is 24.6 Å². The molecule has 1 aliphatic heterocycles. The highest BCUT2D eigenvalue weighted by molar-refractivity contribution is 5.76. The van der Waals surface area contributed by atoms with Crippen molar-refractivity contribution in [1.82, 2.24) is 24.6 Å². The van der Waals surface area contributed by atoms with Crippen LogP contribution in [0.25, 0.3) is 0 Å². The van der Waals surface area contributed by atoms with Crippen LogP contribution in [0, 0.1) is 13.8 Å². The maximum atomic E-state index is 12.3. The van der Waals surface area contributed by atoms with Crippen LogP contribution in [-0.2, 0) is 23.1 Å². The van der Waals surface area contributed by atoms with Gasteiger partial charge in [-0.05, 0) is 26.3 Å². The van der Waals surface area contributed by atoms with Crippen molar-refractivity contribution in [2.24, 2.45) is 7.05 Å². The van der Waals surface area contributed by atoms with Gasteiger partial charge in [0, 0.05) is 31.7 Å². The van der Waals surface area contributed by atoms with Crippen LogP contribution in [-0.4, -0.2) is 37.9 Å². The van der Waals surface area contributed by atoms with Crippen molar-refractivity contribution in [3.05, 3.63) is 35.7 Å². The number of hydrogen-bond acceptors (Lipinski definition) is 4. The third kappa shape index (κ3) is 2.89. The molecule has 1 saturated heterocycles. The zero-order valence-corrected chi connectivity index (χ0v) is 13.1. The van der Waals surface area contributed by atoms with E-state index < -0.39 is 0 Å². The van der Waals surface area contributed by atoms with Crippen molar-refractivity contribution >= 4 is 5.91 Å². The number of carbonyl (C=O) groups is 1. The largest absolute Gasteiger partial charge is 0.368 e. The summed E-state index contributed by atoms with van der Waals surface area (Å²) in [6.45, 7) is 4.72. The van der Waals surface area contributed by atoms with Gasteiger partial charge in [-0.2, -0.15) is 5.10 Å². The van der Waals surface area contributed by atoms with Gasteiger partial charge in [-0.1, -0.05) is 0 Å². The number of amides is 1. The Morgan fingerprint density at radius 2 is 2.32 bits per heavy atom. The molecule has 22 heavy (non-hydrogen) atoms. The van der Waals surface area contributed by atoms with Gasteiger partial charge in [-0.25, -0.2) is 4.98 Å². The van der Waals surface area contributed by atoms with Crippen molar-refractivity contribution in [2.75, 3.05) is 6.61 Å². The molecular weight excluding hydrogens is 282 g/mol. The molecule has 3 heterocycles. The number of carbonyl (C=O) groups excluding carboxylic acids is 1. The molecule has 1 amide bonds. The first kappa shape index (κ1) is 14.8. The van der Waals surface area contributed by atoms with Crippen molar-refractivity contribution < 1.29 is 9.53 Å². The number of ether oxygens (including phenoxy) is 1. The van der Waals surface area contributed by atoms with E-state index in [1.807, 2.05) is 37.7 Å². The summed E-state index contributed by atoms with van der Waals surface area (Å²) in [4.78, 5) is 16.6. The van der Waals surface area contributed by atoms with Crippen molar-refractivity contribution in [3.63, 3.8) is 0 Å². The molecule has 2 aromatic heterocycles. The number of hydrogen-bond donors (Lipinski definition) is 1. The number of aryl methyl sites for hydroxylation is 3. The quantitative estimate of drug-likeness (QED) is 0.910. The van der Waals surface area contributed by atoms with E-state index in [1.54, 1.807) is 10.9 Å². The van der Waals surface area contributed by atoms with Crippen LogP contribution in [0.3, 0.4) is 0 Å². The summed E-state index contributed by atoms with van der Waals surface area (Å²) in [6.07, 6.45) is 4.22. The standard InChI is InChI=1S/C15H21N5O2/c1-10-8-11(2)20(18-10)9-13(21)17-12-4-7-22-14(12)15-16-5-6-19(15)3/h5-6,8,12,14H,4,7,9H2,1-3H3,(H,17,21)/t12-,14-/m0/s1. The molecule has 0 aliphatic carbocycles. The van der Waals surface area contributed by atoms with Gasteiger partial charge in [0.1, 0.15) is 18.5 Å². The Balaban J connectivity index is 1.66. The van der Waals surface area contributed by atoms with E-state index in [4.69, 9.17) is 4.74 Å². The van der Waals surface area contributed by atoms with E-state index in [2.05, 4.69) is 15.4 Å². The molecule has 1 aliphatic rings. The predicted octanol–water partition coefficient (Wildman–Crippen LogP) is 0.880. The smallest absolute Gasteiger partial charge is 0.242 e. The van der Waals surface area contributed by atoms with E-state index in [0.717, 1.165) is 23.6 Å². The highest BCUT2D eigenvalue weighted by atomic mass is 16.5. The summed E-state index contributed by atoms with van der Waals surface area (Å²) in [6, 6.07) is 1.91.